The third kappa shape index (κ3) is 2.32. The van der Waals surface area contributed by atoms with E-state index in [1.165, 1.54) is 0 Å². The van der Waals surface area contributed by atoms with Gasteiger partial charge in [-0.05, 0) is 18.8 Å². The Bertz CT molecular complexity index is 485. The Labute approximate surface area is 96.5 Å². The lowest BCUT2D eigenvalue weighted by Gasteiger charge is -2.27. The fourth-order valence-electron chi connectivity index (χ4n) is 2.49. The third-order valence-corrected chi connectivity index (χ3v) is 3.41. The van der Waals surface area contributed by atoms with Crippen LogP contribution in [0.1, 0.15) is 25.7 Å². The van der Waals surface area contributed by atoms with E-state index in [0.717, 1.165) is 23.8 Å². The van der Waals surface area contributed by atoms with E-state index in [4.69, 9.17) is 5.11 Å². The Balaban J connectivity index is 2.19. The highest BCUT2D eigenvalue weighted by molar-refractivity contribution is 5.70. The molecular formula is C10H15N3O4. The standard InChI is InChI=1S/C10H15N3O4/c14-8(15)7-4-2-1-3-6(7)5-13-9(16)11-12-10(13)17/h6-7H,1-5H2,(H,11,16)(H,12,17)(H,14,15). The molecule has 0 bridgehead atoms. The molecule has 94 valence electrons. The summed E-state index contributed by atoms with van der Waals surface area (Å²) in [5, 5.41) is 13.5. The molecule has 2 rings (SSSR count). The molecule has 7 nitrogen and oxygen atoms in total. The van der Waals surface area contributed by atoms with E-state index in [1.807, 2.05) is 0 Å². The SMILES string of the molecule is O=C(O)C1CCCCC1Cn1c(=O)[nH][nH]c1=O. The van der Waals surface area contributed by atoms with Crippen LogP contribution in [-0.2, 0) is 11.3 Å². The van der Waals surface area contributed by atoms with Gasteiger partial charge < -0.3 is 5.11 Å². The number of aromatic nitrogens is 3. The lowest BCUT2D eigenvalue weighted by atomic mass is 9.79. The fourth-order valence-corrected chi connectivity index (χ4v) is 2.49. The van der Waals surface area contributed by atoms with E-state index < -0.39 is 23.3 Å². The average Bonchev–Trinajstić information content (AvgIpc) is 2.61. The molecule has 0 aliphatic heterocycles. The van der Waals surface area contributed by atoms with Crippen LogP contribution in [0.3, 0.4) is 0 Å². The molecule has 7 heteroatoms. The third-order valence-electron chi connectivity index (χ3n) is 3.41. The molecule has 1 aromatic rings. The number of aromatic amines is 2. The first-order valence-electron chi connectivity index (χ1n) is 5.70. The average molecular weight is 241 g/mol. The molecule has 3 N–H and O–H groups in total. The van der Waals surface area contributed by atoms with Crippen LogP contribution in [0.2, 0.25) is 0 Å². The second-order valence-corrected chi connectivity index (χ2v) is 4.46. The van der Waals surface area contributed by atoms with Crippen molar-refractivity contribution in [3.8, 4) is 0 Å². The van der Waals surface area contributed by atoms with E-state index in [9.17, 15) is 14.4 Å². The number of hydrogen-bond donors (Lipinski definition) is 3. The van der Waals surface area contributed by atoms with E-state index in [0.29, 0.717) is 6.42 Å². The first kappa shape index (κ1) is 11.7. The minimum Gasteiger partial charge on any atom is -0.481 e. The molecule has 0 aromatic carbocycles. The minimum atomic E-state index is -0.838. The Morgan fingerprint density at radius 2 is 1.82 bits per heavy atom. The number of carboxylic acids is 1. The van der Waals surface area contributed by atoms with Gasteiger partial charge in [0.2, 0.25) is 0 Å². The molecule has 1 heterocycles. The largest absolute Gasteiger partial charge is 0.481 e. The van der Waals surface area contributed by atoms with Crippen LogP contribution < -0.4 is 11.4 Å². The Morgan fingerprint density at radius 3 is 2.41 bits per heavy atom. The molecule has 0 saturated heterocycles. The normalized spacial score (nSPS) is 24.7. The van der Waals surface area contributed by atoms with Crippen molar-refractivity contribution in [2.75, 3.05) is 0 Å². The van der Waals surface area contributed by atoms with E-state index in [1.54, 1.807) is 0 Å². The maximum atomic E-state index is 11.3. The topological polar surface area (TPSA) is 108 Å². The van der Waals surface area contributed by atoms with E-state index >= 15 is 0 Å². The van der Waals surface area contributed by atoms with E-state index in [2.05, 4.69) is 10.2 Å². The summed E-state index contributed by atoms with van der Waals surface area (Å²) in [5.74, 6) is -1.43. The molecule has 0 spiro atoms. The lowest BCUT2D eigenvalue weighted by Crippen LogP contribution is -2.36. The molecule has 0 radical (unpaired) electrons. The van der Waals surface area contributed by atoms with Crippen LogP contribution in [-0.4, -0.2) is 25.8 Å². The van der Waals surface area contributed by atoms with Crippen molar-refractivity contribution in [1.29, 1.82) is 0 Å². The van der Waals surface area contributed by atoms with Gasteiger partial charge in [-0.3, -0.25) is 4.79 Å². The zero-order valence-electron chi connectivity index (χ0n) is 9.31. The highest BCUT2D eigenvalue weighted by Crippen LogP contribution is 2.30. The summed E-state index contributed by atoms with van der Waals surface area (Å²) in [5.41, 5.74) is -1.02. The Hall–Kier alpha value is -1.79. The second kappa shape index (κ2) is 4.60. The van der Waals surface area contributed by atoms with Crippen molar-refractivity contribution >= 4 is 5.97 Å². The highest BCUT2D eigenvalue weighted by Gasteiger charge is 2.31. The van der Waals surface area contributed by atoms with Crippen molar-refractivity contribution in [1.82, 2.24) is 14.8 Å². The maximum Gasteiger partial charge on any atom is 0.344 e. The Kier molecular flexibility index (Phi) is 3.16. The molecule has 2 unspecified atom stereocenters. The van der Waals surface area contributed by atoms with E-state index in [-0.39, 0.29) is 12.5 Å². The van der Waals surface area contributed by atoms with Gasteiger partial charge in [-0.15, -0.1) is 0 Å². The molecule has 2 atom stereocenters. The summed E-state index contributed by atoms with van der Waals surface area (Å²) in [6.45, 7) is 0.175. The number of nitrogens with zero attached hydrogens (tertiary/aromatic N) is 1. The molecule has 17 heavy (non-hydrogen) atoms. The zero-order valence-corrected chi connectivity index (χ0v) is 9.31. The van der Waals surface area contributed by atoms with Crippen LogP contribution in [0.15, 0.2) is 9.59 Å². The summed E-state index contributed by atoms with van der Waals surface area (Å²) in [6.07, 6.45) is 3.21. The summed E-state index contributed by atoms with van der Waals surface area (Å²) in [7, 11) is 0. The van der Waals surface area contributed by atoms with Crippen molar-refractivity contribution in [2.24, 2.45) is 11.8 Å². The van der Waals surface area contributed by atoms with Crippen LogP contribution >= 0.6 is 0 Å². The smallest absolute Gasteiger partial charge is 0.344 e. The number of rotatable bonds is 3. The van der Waals surface area contributed by atoms with Gasteiger partial charge in [-0.2, -0.15) is 0 Å². The molecule has 1 aliphatic rings. The lowest BCUT2D eigenvalue weighted by molar-refractivity contribution is -0.145. The summed E-state index contributed by atoms with van der Waals surface area (Å²) in [4.78, 5) is 33.7. The summed E-state index contributed by atoms with van der Waals surface area (Å²) in [6, 6.07) is 0. The summed E-state index contributed by atoms with van der Waals surface area (Å²) >= 11 is 0. The molecule has 0 amide bonds. The fraction of sp³-hybridized carbons (Fsp3) is 0.700. The predicted molar refractivity (Wildman–Crippen MR) is 58.8 cm³/mol. The molecule has 1 saturated carbocycles. The van der Waals surface area contributed by atoms with Crippen molar-refractivity contribution in [3.05, 3.63) is 21.0 Å². The van der Waals surface area contributed by atoms with Gasteiger partial charge in [0.15, 0.2) is 0 Å². The number of nitrogens with one attached hydrogen (secondary N) is 2. The van der Waals surface area contributed by atoms with Crippen molar-refractivity contribution in [2.45, 2.75) is 32.2 Å². The molecular weight excluding hydrogens is 226 g/mol. The van der Waals surface area contributed by atoms with Crippen LogP contribution in [0.5, 0.6) is 0 Å². The first-order valence-corrected chi connectivity index (χ1v) is 5.70. The first-order chi connectivity index (χ1) is 8.09. The van der Waals surface area contributed by atoms with Crippen LogP contribution in [0.4, 0.5) is 0 Å². The number of hydrogen-bond acceptors (Lipinski definition) is 3. The van der Waals surface area contributed by atoms with Crippen LogP contribution in [0, 0.1) is 11.8 Å². The van der Waals surface area contributed by atoms with Crippen molar-refractivity contribution in [3.63, 3.8) is 0 Å². The van der Waals surface area contributed by atoms with Crippen molar-refractivity contribution < 1.29 is 9.90 Å². The molecule has 1 aromatic heterocycles. The second-order valence-electron chi connectivity index (χ2n) is 4.46. The van der Waals surface area contributed by atoms with Gasteiger partial charge in [0.25, 0.3) is 0 Å². The quantitative estimate of drug-likeness (QED) is 0.678. The van der Waals surface area contributed by atoms with Gasteiger partial charge in [0.05, 0.1) is 5.92 Å². The minimum absolute atomic E-state index is 0.143. The summed E-state index contributed by atoms with van der Waals surface area (Å²) < 4.78 is 1.03. The maximum absolute atomic E-state index is 11.3. The monoisotopic (exact) mass is 241 g/mol. The zero-order chi connectivity index (χ0) is 12.4. The van der Waals surface area contributed by atoms with Gasteiger partial charge in [-0.25, -0.2) is 24.4 Å². The highest BCUT2D eigenvalue weighted by atomic mass is 16.4. The Morgan fingerprint density at radius 1 is 1.24 bits per heavy atom. The number of aliphatic carboxylic acids is 1. The van der Waals surface area contributed by atoms with Gasteiger partial charge in [-0.1, -0.05) is 12.8 Å². The van der Waals surface area contributed by atoms with Gasteiger partial charge in [0, 0.05) is 6.54 Å². The van der Waals surface area contributed by atoms with Gasteiger partial charge >= 0.3 is 17.3 Å². The number of H-pyrrole nitrogens is 2. The van der Waals surface area contributed by atoms with Crippen LogP contribution in [0.25, 0.3) is 0 Å². The molecule has 1 aliphatic carbocycles. The molecule has 1 fully saturated rings. The predicted octanol–water partition coefficient (Wildman–Crippen LogP) is -0.244. The number of carboxylic acid groups (broad SMARTS) is 1. The van der Waals surface area contributed by atoms with Gasteiger partial charge in [0.1, 0.15) is 0 Å². The number of carbonyl (C=O) groups is 1.